The molecule has 0 radical (unpaired) electrons. The van der Waals surface area contributed by atoms with Crippen molar-refractivity contribution < 1.29 is 19.2 Å². The molecule has 0 aromatic heterocycles. The van der Waals surface area contributed by atoms with E-state index in [0.717, 1.165) is 24.1 Å². The Balaban J connectivity index is 1.53. The van der Waals surface area contributed by atoms with Crippen LogP contribution in [0.4, 0.5) is 0 Å². The van der Waals surface area contributed by atoms with E-state index < -0.39 is 23.0 Å². The molecule has 1 aromatic carbocycles. The molecule has 0 bridgehead atoms. The lowest BCUT2D eigenvalue weighted by atomic mass is 9.91. The molecule has 4 rings (SSSR count). The van der Waals surface area contributed by atoms with E-state index in [2.05, 4.69) is 10.5 Å². The van der Waals surface area contributed by atoms with Crippen molar-refractivity contribution >= 4 is 23.4 Å². The van der Waals surface area contributed by atoms with Crippen LogP contribution in [0.2, 0.25) is 0 Å². The molecule has 8 nitrogen and oxygen atoms in total. The number of amides is 3. The van der Waals surface area contributed by atoms with Crippen LogP contribution in [-0.2, 0) is 19.2 Å². The van der Waals surface area contributed by atoms with Crippen molar-refractivity contribution in [3.63, 3.8) is 0 Å². The topological polar surface area (TPSA) is 114 Å². The molecule has 2 atom stereocenters. The van der Waals surface area contributed by atoms with E-state index in [1.54, 1.807) is 4.90 Å². The first-order valence-electron chi connectivity index (χ1n) is 9.50. The van der Waals surface area contributed by atoms with Gasteiger partial charge in [0.15, 0.2) is 5.60 Å². The van der Waals surface area contributed by atoms with Gasteiger partial charge in [-0.05, 0) is 18.4 Å². The van der Waals surface area contributed by atoms with Crippen LogP contribution in [0, 0.1) is 5.41 Å². The second kappa shape index (κ2) is 6.61. The Morgan fingerprint density at radius 1 is 1.29 bits per heavy atom. The number of nitrogens with one attached hydrogen (secondary N) is 1. The standard InChI is InChI=1S/C20H24N4O4/c1-19(7-8-19)18(27)24-12-20(10-15(24)17(26)22-11-16(21)25)9-14(23-28-20)13-5-3-2-4-6-13/h2-6,15H,7-12H2,1H3,(H2,21,25)(H,22,26). The van der Waals surface area contributed by atoms with Gasteiger partial charge in [0.2, 0.25) is 17.7 Å². The summed E-state index contributed by atoms with van der Waals surface area (Å²) in [6.07, 6.45) is 2.49. The molecule has 3 aliphatic rings. The molecule has 1 saturated heterocycles. The molecular weight excluding hydrogens is 360 g/mol. The highest BCUT2D eigenvalue weighted by molar-refractivity contribution is 6.02. The Kier molecular flexibility index (Phi) is 4.36. The number of nitrogens with zero attached hydrogens (tertiary/aromatic N) is 2. The van der Waals surface area contributed by atoms with E-state index in [0.29, 0.717) is 19.4 Å². The normalized spacial score (nSPS) is 27.2. The third-order valence-corrected chi connectivity index (χ3v) is 5.86. The highest BCUT2D eigenvalue weighted by Crippen LogP contribution is 2.49. The Morgan fingerprint density at radius 2 is 2.00 bits per heavy atom. The molecule has 8 heteroatoms. The molecule has 3 N–H and O–H groups in total. The van der Waals surface area contributed by atoms with Crippen molar-refractivity contribution in [2.45, 2.75) is 44.2 Å². The Labute approximate surface area is 163 Å². The maximum Gasteiger partial charge on any atom is 0.243 e. The summed E-state index contributed by atoms with van der Waals surface area (Å²) in [6, 6.07) is 9.02. The van der Waals surface area contributed by atoms with E-state index in [1.807, 2.05) is 37.3 Å². The van der Waals surface area contributed by atoms with Crippen LogP contribution in [0.15, 0.2) is 35.5 Å². The first kappa shape index (κ1) is 18.5. The monoisotopic (exact) mass is 384 g/mol. The van der Waals surface area contributed by atoms with Gasteiger partial charge in [-0.15, -0.1) is 0 Å². The SMILES string of the molecule is CC1(C(=O)N2CC3(CC(c4ccccc4)=NO3)CC2C(=O)NCC(N)=O)CC1. The van der Waals surface area contributed by atoms with Crippen molar-refractivity contribution in [1.82, 2.24) is 10.2 Å². The third kappa shape index (κ3) is 3.34. The predicted molar refractivity (Wildman–Crippen MR) is 101 cm³/mol. The number of hydrogen-bond donors (Lipinski definition) is 2. The minimum absolute atomic E-state index is 0.0413. The summed E-state index contributed by atoms with van der Waals surface area (Å²) in [6.45, 7) is 1.96. The molecule has 28 heavy (non-hydrogen) atoms. The van der Waals surface area contributed by atoms with Gasteiger partial charge in [-0.25, -0.2) is 0 Å². The minimum atomic E-state index is -0.721. The van der Waals surface area contributed by atoms with E-state index in [-0.39, 0.29) is 18.4 Å². The van der Waals surface area contributed by atoms with Crippen LogP contribution >= 0.6 is 0 Å². The highest BCUT2D eigenvalue weighted by atomic mass is 16.7. The average Bonchev–Trinajstić information content (AvgIpc) is 3.16. The maximum absolute atomic E-state index is 13.0. The smallest absolute Gasteiger partial charge is 0.243 e. The van der Waals surface area contributed by atoms with Gasteiger partial charge < -0.3 is 20.8 Å². The Bertz CT molecular complexity index is 849. The summed E-state index contributed by atoms with van der Waals surface area (Å²) in [4.78, 5) is 44.2. The molecule has 2 heterocycles. The number of benzene rings is 1. The lowest BCUT2D eigenvalue weighted by molar-refractivity contribution is -0.142. The van der Waals surface area contributed by atoms with Crippen molar-refractivity contribution in [3.8, 4) is 0 Å². The molecule has 148 valence electrons. The molecule has 1 aliphatic carbocycles. The van der Waals surface area contributed by atoms with Gasteiger partial charge in [-0.2, -0.15) is 0 Å². The number of carbonyl (C=O) groups is 3. The van der Waals surface area contributed by atoms with Crippen molar-refractivity contribution in [2.24, 2.45) is 16.3 Å². The second-order valence-electron chi connectivity index (χ2n) is 8.25. The quantitative estimate of drug-likeness (QED) is 0.772. The molecule has 2 fully saturated rings. The van der Waals surface area contributed by atoms with Crippen molar-refractivity contribution in [2.75, 3.05) is 13.1 Å². The fraction of sp³-hybridized carbons (Fsp3) is 0.500. The summed E-state index contributed by atoms with van der Waals surface area (Å²) >= 11 is 0. The molecule has 1 spiro atoms. The van der Waals surface area contributed by atoms with Gasteiger partial charge >= 0.3 is 0 Å². The zero-order valence-electron chi connectivity index (χ0n) is 15.8. The number of rotatable bonds is 5. The van der Waals surface area contributed by atoms with Gasteiger partial charge in [0.05, 0.1) is 18.8 Å². The fourth-order valence-electron chi connectivity index (χ4n) is 3.94. The van der Waals surface area contributed by atoms with E-state index in [4.69, 9.17) is 10.6 Å². The van der Waals surface area contributed by atoms with E-state index in [9.17, 15) is 14.4 Å². The first-order valence-corrected chi connectivity index (χ1v) is 9.50. The Morgan fingerprint density at radius 3 is 2.64 bits per heavy atom. The summed E-state index contributed by atoms with van der Waals surface area (Å²) in [5.41, 5.74) is 5.78. The number of primary amides is 1. The first-order chi connectivity index (χ1) is 13.3. The predicted octanol–water partition coefficient (Wildman–Crippen LogP) is 0.552. The number of nitrogens with two attached hydrogens (primary N) is 1. The number of likely N-dealkylation sites (tertiary alicyclic amines) is 1. The third-order valence-electron chi connectivity index (χ3n) is 5.86. The highest BCUT2D eigenvalue weighted by Gasteiger charge is 2.58. The van der Waals surface area contributed by atoms with E-state index in [1.165, 1.54) is 0 Å². The second-order valence-corrected chi connectivity index (χ2v) is 8.25. The number of hydrogen-bond acceptors (Lipinski definition) is 5. The lowest BCUT2D eigenvalue weighted by Gasteiger charge is -2.26. The van der Waals surface area contributed by atoms with Crippen molar-refractivity contribution in [1.29, 1.82) is 0 Å². The number of oxime groups is 1. The van der Waals surface area contributed by atoms with Crippen LogP contribution in [0.1, 0.15) is 38.2 Å². The van der Waals surface area contributed by atoms with Crippen LogP contribution in [0.3, 0.4) is 0 Å². The molecule has 1 saturated carbocycles. The zero-order valence-corrected chi connectivity index (χ0v) is 15.8. The van der Waals surface area contributed by atoms with Crippen LogP contribution < -0.4 is 11.1 Å². The van der Waals surface area contributed by atoms with Gasteiger partial charge in [-0.3, -0.25) is 14.4 Å². The average molecular weight is 384 g/mol. The minimum Gasteiger partial charge on any atom is -0.387 e. The molecular formula is C20H24N4O4. The summed E-state index contributed by atoms with van der Waals surface area (Å²) < 4.78 is 0. The van der Waals surface area contributed by atoms with Crippen molar-refractivity contribution in [3.05, 3.63) is 35.9 Å². The van der Waals surface area contributed by atoms with Crippen LogP contribution in [0.5, 0.6) is 0 Å². The van der Waals surface area contributed by atoms with Gasteiger partial charge in [0.25, 0.3) is 0 Å². The zero-order chi connectivity index (χ0) is 19.9. The lowest BCUT2D eigenvalue weighted by Crippen LogP contribution is -2.49. The maximum atomic E-state index is 13.0. The largest absolute Gasteiger partial charge is 0.387 e. The van der Waals surface area contributed by atoms with Gasteiger partial charge in [0.1, 0.15) is 6.04 Å². The van der Waals surface area contributed by atoms with Crippen LogP contribution in [0.25, 0.3) is 0 Å². The molecule has 3 amide bonds. The van der Waals surface area contributed by atoms with Gasteiger partial charge in [-0.1, -0.05) is 42.4 Å². The summed E-state index contributed by atoms with van der Waals surface area (Å²) in [5, 5.41) is 6.78. The Hall–Kier alpha value is -2.90. The summed E-state index contributed by atoms with van der Waals surface area (Å²) in [5.74, 6) is -1.05. The van der Waals surface area contributed by atoms with Gasteiger partial charge in [0, 0.05) is 18.3 Å². The van der Waals surface area contributed by atoms with E-state index >= 15 is 0 Å². The molecule has 2 aliphatic heterocycles. The molecule has 2 unspecified atom stereocenters. The fourth-order valence-corrected chi connectivity index (χ4v) is 3.94. The number of carbonyl (C=O) groups excluding carboxylic acids is 3. The van der Waals surface area contributed by atoms with Crippen LogP contribution in [-0.4, -0.2) is 53.1 Å². The summed E-state index contributed by atoms with van der Waals surface area (Å²) in [7, 11) is 0. The molecule has 1 aromatic rings.